The molecule has 1 aliphatic rings. The molecule has 0 spiro atoms. The van der Waals surface area contributed by atoms with Crippen molar-refractivity contribution in [3.8, 4) is 17.3 Å². The molecular formula is C45H41N4OPt-3. The topological polar surface area (TPSA) is 33.5 Å². The van der Waals surface area contributed by atoms with Gasteiger partial charge in [-0.2, -0.15) is 12.7 Å². The number of rotatable bonds is 6. The van der Waals surface area contributed by atoms with Crippen molar-refractivity contribution in [2.45, 2.75) is 58.9 Å². The third-order valence-corrected chi connectivity index (χ3v) is 9.47. The first-order chi connectivity index (χ1) is 24.0. The first-order valence-corrected chi connectivity index (χ1v) is 17.2. The Morgan fingerprint density at radius 3 is 2.14 bits per heavy atom. The fourth-order valence-electron chi connectivity index (χ4n) is 6.72. The molecule has 3 heterocycles. The molecular weight excluding hydrogens is 808 g/mol. The standard InChI is InChI=1S/C45H41N4O.Pt/c1-44(2,3)32-22-23-46-43(26-32)49-39-17-11-10-16-37(39)38-21-20-35(28-42(38)49)50-36-25-33(45(4,5)6)24-34(27-36)48-30-47(29-31-14-8-7-9-15-31)40-18-12-13-19-41(40)48;/h7-26,30H,29H2,1-6H3;/q-3;. The number of fused-ring (bicyclic) bond motifs is 4. The Balaban J connectivity index is 0.00000406. The molecule has 0 saturated heterocycles. The summed E-state index contributed by atoms with van der Waals surface area (Å²) in [4.78, 5) is 9.36. The van der Waals surface area contributed by atoms with Gasteiger partial charge in [0.1, 0.15) is 5.82 Å². The molecule has 0 N–H and O–H groups in total. The van der Waals surface area contributed by atoms with E-state index in [0.717, 1.165) is 56.8 Å². The molecule has 1 aliphatic heterocycles. The van der Waals surface area contributed by atoms with Crippen LogP contribution in [0.15, 0.2) is 121 Å². The van der Waals surface area contributed by atoms with Crippen molar-refractivity contribution in [1.82, 2.24) is 9.55 Å². The number of anilines is 3. The van der Waals surface area contributed by atoms with Crippen LogP contribution in [-0.2, 0) is 38.4 Å². The summed E-state index contributed by atoms with van der Waals surface area (Å²) in [5, 5.41) is 2.26. The maximum absolute atomic E-state index is 6.70. The summed E-state index contributed by atoms with van der Waals surface area (Å²) in [7, 11) is 0. The number of ether oxygens (including phenoxy) is 1. The van der Waals surface area contributed by atoms with Gasteiger partial charge in [0.2, 0.25) is 0 Å². The van der Waals surface area contributed by atoms with E-state index >= 15 is 0 Å². The van der Waals surface area contributed by atoms with E-state index in [4.69, 9.17) is 9.72 Å². The van der Waals surface area contributed by atoms with E-state index < -0.39 is 0 Å². The van der Waals surface area contributed by atoms with Crippen molar-refractivity contribution in [3.63, 3.8) is 0 Å². The number of hydrogen-bond acceptors (Lipinski definition) is 4. The number of aromatic nitrogens is 2. The maximum atomic E-state index is 6.70. The van der Waals surface area contributed by atoms with Crippen LogP contribution in [0.4, 0.5) is 17.1 Å². The number of hydrogen-bond donors (Lipinski definition) is 0. The monoisotopic (exact) mass is 848 g/mol. The molecule has 0 fully saturated rings. The van der Waals surface area contributed by atoms with Gasteiger partial charge < -0.3 is 19.1 Å². The normalized spacial score (nSPS) is 13.1. The second-order valence-electron chi connectivity index (χ2n) is 15.1. The molecule has 0 atom stereocenters. The molecule has 0 radical (unpaired) electrons. The summed E-state index contributed by atoms with van der Waals surface area (Å²) in [5.41, 5.74) is 8.71. The fourth-order valence-corrected chi connectivity index (χ4v) is 6.72. The van der Waals surface area contributed by atoms with E-state index in [9.17, 15) is 0 Å². The Bertz CT molecular complexity index is 2350. The summed E-state index contributed by atoms with van der Waals surface area (Å²) in [6.45, 7) is 16.3. The summed E-state index contributed by atoms with van der Waals surface area (Å²) in [5.74, 6) is 2.13. The van der Waals surface area contributed by atoms with Crippen molar-refractivity contribution in [1.29, 1.82) is 0 Å². The SMILES string of the molecule is CC(C)(C)c1cc(Oc2[c-]c3c(cc2)c2ccccc2n3-c2cc(C(C)(C)C)ccn2)[c-]c(N2[CH-]N(Cc3ccccc3)c3ccccc32)c1.[Pt]. The van der Waals surface area contributed by atoms with Crippen molar-refractivity contribution < 1.29 is 25.8 Å². The molecule has 5 aromatic carbocycles. The van der Waals surface area contributed by atoms with Gasteiger partial charge in [0.15, 0.2) is 0 Å². The minimum absolute atomic E-state index is 0. The van der Waals surface area contributed by atoms with Gasteiger partial charge in [0.05, 0.1) is 0 Å². The number of para-hydroxylation sites is 3. The molecule has 7 aromatic rings. The van der Waals surface area contributed by atoms with E-state index in [1.807, 2.05) is 12.3 Å². The van der Waals surface area contributed by atoms with Gasteiger partial charge in [-0.1, -0.05) is 108 Å². The Morgan fingerprint density at radius 1 is 0.667 bits per heavy atom. The Hall–Kier alpha value is -4.86. The number of benzene rings is 5. The third kappa shape index (κ3) is 6.68. The average molecular weight is 849 g/mol. The first kappa shape index (κ1) is 34.6. The Morgan fingerprint density at radius 2 is 1.37 bits per heavy atom. The van der Waals surface area contributed by atoms with Gasteiger partial charge in [-0.15, -0.1) is 47.0 Å². The molecule has 51 heavy (non-hydrogen) atoms. The molecule has 5 nitrogen and oxygen atoms in total. The van der Waals surface area contributed by atoms with Crippen LogP contribution in [0.25, 0.3) is 27.6 Å². The summed E-state index contributed by atoms with van der Waals surface area (Å²) in [6.07, 6.45) is 1.90. The molecule has 8 rings (SSSR count). The fraction of sp³-hybridized carbons (Fsp3) is 0.200. The van der Waals surface area contributed by atoms with Gasteiger partial charge in [0, 0.05) is 62.2 Å². The van der Waals surface area contributed by atoms with E-state index in [1.54, 1.807) is 0 Å². The molecule has 0 unspecified atom stereocenters. The molecule has 260 valence electrons. The van der Waals surface area contributed by atoms with Crippen molar-refractivity contribution in [2.24, 2.45) is 0 Å². The quantitative estimate of drug-likeness (QED) is 0.156. The second-order valence-corrected chi connectivity index (χ2v) is 15.1. The Labute approximate surface area is 315 Å². The van der Waals surface area contributed by atoms with Crippen molar-refractivity contribution >= 4 is 38.9 Å². The van der Waals surface area contributed by atoms with Crippen LogP contribution < -0.4 is 14.5 Å². The average Bonchev–Trinajstić information content (AvgIpc) is 3.63. The van der Waals surface area contributed by atoms with Crippen LogP contribution in [0.1, 0.15) is 58.2 Å². The zero-order valence-electron chi connectivity index (χ0n) is 29.8. The summed E-state index contributed by atoms with van der Waals surface area (Å²) >= 11 is 0. The van der Waals surface area contributed by atoms with Crippen LogP contribution in [-0.4, -0.2) is 9.55 Å². The first-order valence-electron chi connectivity index (χ1n) is 17.2. The zero-order chi connectivity index (χ0) is 34.6. The van der Waals surface area contributed by atoms with E-state index in [1.165, 1.54) is 11.1 Å². The van der Waals surface area contributed by atoms with Gasteiger partial charge in [-0.05, 0) is 57.7 Å². The van der Waals surface area contributed by atoms with Gasteiger partial charge >= 0.3 is 0 Å². The zero-order valence-corrected chi connectivity index (χ0v) is 32.1. The predicted octanol–water partition coefficient (Wildman–Crippen LogP) is 11.4. The second kappa shape index (κ2) is 13.4. The molecule has 0 bridgehead atoms. The molecule has 2 aromatic heterocycles. The van der Waals surface area contributed by atoms with Crippen molar-refractivity contribution in [2.75, 3.05) is 9.80 Å². The largest absolute Gasteiger partial charge is 0.509 e. The van der Waals surface area contributed by atoms with Crippen LogP contribution >= 0.6 is 0 Å². The summed E-state index contributed by atoms with van der Waals surface area (Å²) in [6, 6.07) is 47.6. The minimum Gasteiger partial charge on any atom is -0.509 e. The number of pyridine rings is 1. The smallest absolute Gasteiger partial charge is 0.135 e. The van der Waals surface area contributed by atoms with E-state index in [0.29, 0.717) is 11.5 Å². The van der Waals surface area contributed by atoms with E-state index in [-0.39, 0.29) is 31.9 Å². The van der Waals surface area contributed by atoms with Crippen LogP contribution in [0.2, 0.25) is 0 Å². The molecule has 0 amide bonds. The third-order valence-electron chi connectivity index (χ3n) is 9.47. The van der Waals surface area contributed by atoms with Gasteiger partial charge in [-0.25, -0.2) is 4.98 Å². The van der Waals surface area contributed by atoms with Crippen molar-refractivity contribution in [3.05, 3.63) is 157 Å². The molecule has 0 saturated carbocycles. The number of nitrogens with zero attached hydrogens (tertiary/aromatic N) is 4. The van der Waals surface area contributed by atoms with Crippen LogP contribution in [0.5, 0.6) is 11.5 Å². The molecule has 0 aliphatic carbocycles. The van der Waals surface area contributed by atoms with Gasteiger partial charge in [-0.3, -0.25) is 0 Å². The molecule has 6 heteroatoms. The Kier molecular flexibility index (Phi) is 9.06. The van der Waals surface area contributed by atoms with Crippen LogP contribution in [0.3, 0.4) is 0 Å². The maximum Gasteiger partial charge on any atom is 0.135 e. The van der Waals surface area contributed by atoms with Gasteiger partial charge in [0.25, 0.3) is 0 Å². The van der Waals surface area contributed by atoms with E-state index in [2.05, 4.69) is 184 Å². The minimum atomic E-state index is -0.116. The predicted molar refractivity (Wildman–Crippen MR) is 206 cm³/mol. The van der Waals surface area contributed by atoms with Crippen LogP contribution in [0, 0.1) is 18.8 Å². The summed E-state index contributed by atoms with van der Waals surface area (Å²) < 4.78 is 8.90.